The molecule has 1 aliphatic heterocycles. The quantitative estimate of drug-likeness (QED) is 0.878. The number of aliphatic hydroxyl groups is 1. The first-order chi connectivity index (χ1) is 12.2. The molecule has 1 aromatic rings. The van der Waals surface area contributed by atoms with E-state index in [1.165, 1.54) is 11.1 Å². The van der Waals surface area contributed by atoms with Crippen molar-refractivity contribution in [2.75, 3.05) is 26.7 Å². The Bertz CT molecular complexity index is 614. The van der Waals surface area contributed by atoms with Crippen LogP contribution in [0, 0.1) is 5.92 Å². The van der Waals surface area contributed by atoms with Gasteiger partial charge in [0.15, 0.2) is 0 Å². The molecule has 1 heterocycles. The molecule has 26 heavy (non-hydrogen) atoms. The Morgan fingerprint density at radius 1 is 1.23 bits per heavy atom. The van der Waals surface area contributed by atoms with Gasteiger partial charge in [0.25, 0.3) is 0 Å². The second kappa shape index (κ2) is 7.69. The van der Waals surface area contributed by atoms with Gasteiger partial charge in [-0.1, -0.05) is 45.0 Å². The van der Waals surface area contributed by atoms with Crippen molar-refractivity contribution in [2.24, 2.45) is 5.92 Å². The summed E-state index contributed by atoms with van der Waals surface area (Å²) in [5, 5.41) is 9.42. The molecule has 1 N–H and O–H groups in total. The van der Waals surface area contributed by atoms with Crippen LogP contribution in [0.4, 0.5) is 0 Å². The molecule has 0 bridgehead atoms. The standard InChI is InChI=1S/C22H34N2O2/c1-22(2,3)18-9-7-17(8-10-18)20-6-5-11-24(20)21(26)15-23(4)14-16-12-19(25)13-16/h7-10,16,19-20,25H,5-6,11-15H2,1-4H3. The fourth-order valence-corrected chi connectivity index (χ4v) is 4.29. The van der Waals surface area contributed by atoms with Crippen LogP contribution in [0.2, 0.25) is 0 Å². The van der Waals surface area contributed by atoms with Crippen molar-refractivity contribution in [1.82, 2.24) is 9.80 Å². The van der Waals surface area contributed by atoms with Gasteiger partial charge in [-0.3, -0.25) is 9.69 Å². The van der Waals surface area contributed by atoms with E-state index in [9.17, 15) is 9.90 Å². The summed E-state index contributed by atoms with van der Waals surface area (Å²) in [6, 6.07) is 9.05. The molecule has 4 nitrogen and oxygen atoms in total. The third-order valence-electron chi connectivity index (χ3n) is 5.92. The summed E-state index contributed by atoms with van der Waals surface area (Å²) in [7, 11) is 2.02. The number of likely N-dealkylation sites (N-methyl/N-ethyl adjacent to an activating group) is 1. The van der Waals surface area contributed by atoms with Crippen molar-refractivity contribution < 1.29 is 9.90 Å². The van der Waals surface area contributed by atoms with Crippen LogP contribution in [0.1, 0.15) is 63.6 Å². The van der Waals surface area contributed by atoms with Crippen molar-refractivity contribution in [2.45, 2.75) is 64.0 Å². The molecule has 4 heteroatoms. The number of aliphatic hydroxyl groups excluding tert-OH is 1. The minimum Gasteiger partial charge on any atom is -0.393 e. The highest BCUT2D eigenvalue weighted by Crippen LogP contribution is 2.33. The van der Waals surface area contributed by atoms with Gasteiger partial charge in [0, 0.05) is 13.1 Å². The van der Waals surface area contributed by atoms with Crippen LogP contribution < -0.4 is 0 Å². The summed E-state index contributed by atoms with van der Waals surface area (Å²) in [6.07, 6.45) is 3.77. The summed E-state index contributed by atoms with van der Waals surface area (Å²) in [5.41, 5.74) is 2.75. The average molecular weight is 359 g/mol. The largest absolute Gasteiger partial charge is 0.393 e. The van der Waals surface area contributed by atoms with Gasteiger partial charge in [-0.25, -0.2) is 0 Å². The molecule has 3 rings (SSSR count). The molecule has 0 spiro atoms. The number of benzene rings is 1. The number of carbonyl (C=O) groups excluding carboxylic acids is 1. The van der Waals surface area contributed by atoms with Crippen molar-refractivity contribution in [3.8, 4) is 0 Å². The molecule has 2 aliphatic rings. The minimum atomic E-state index is -0.122. The average Bonchev–Trinajstić information content (AvgIpc) is 3.02. The molecule has 2 fully saturated rings. The summed E-state index contributed by atoms with van der Waals surface area (Å²) in [6.45, 7) is 8.92. The van der Waals surface area contributed by atoms with Gasteiger partial charge in [-0.2, -0.15) is 0 Å². The summed E-state index contributed by atoms with van der Waals surface area (Å²) in [4.78, 5) is 17.0. The Morgan fingerprint density at radius 3 is 2.46 bits per heavy atom. The van der Waals surface area contributed by atoms with Crippen molar-refractivity contribution in [3.05, 3.63) is 35.4 Å². The molecule has 0 aromatic heterocycles. The smallest absolute Gasteiger partial charge is 0.237 e. The summed E-state index contributed by atoms with van der Waals surface area (Å²) < 4.78 is 0. The van der Waals surface area contributed by atoms with Gasteiger partial charge in [-0.05, 0) is 55.2 Å². The molecule has 0 radical (unpaired) electrons. The second-order valence-corrected chi connectivity index (χ2v) is 9.31. The van der Waals surface area contributed by atoms with E-state index in [-0.39, 0.29) is 23.5 Å². The molecule has 1 saturated carbocycles. The monoisotopic (exact) mass is 358 g/mol. The number of hydrogen-bond donors (Lipinski definition) is 1. The van der Waals surface area contributed by atoms with Crippen molar-refractivity contribution in [1.29, 1.82) is 0 Å². The highest BCUT2D eigenvalue weighted by Gasteiger charge is 2.32. The van der Waals surface area contributed by atoms with Gasteiger partial charge < -0.3 is 10.0 Å². The van der Waals surface area contributed by atoms with E-state index in [1.54, 1.807) is 0 Å². The lowest BCUT2D eigenvalue weighted by molar-refractivity contribution is -0.133. The van der Waals surface area contributed by atoms with E-state index in [2.05, 4.69) is 54.8 Å². The van der Waals surface area contributed by atoms with E-state index in [4.69, 9.17) is 0 Å². The van der Waals surface area contributed by atoms with Crippen LogP contribution >= 0.6 is 0 Å². The zero-order chi connectivity index (χ0) is 18.9. The van der Waals surface area contributed by atoms with Crippen LogP contribution in [0.25, 0.3) is 0 Å². The SMILES string of the molecule is CN(CC(=O)N1CCCC1c1ccc(C(C)(C)C)cc1)CC1CC(O)C1. The molecule has 1 amide bonds. The topological polar surface area (TPSA) is 43.8 Å². The molecule has 1 aromatic carbocycles. The molecule has 144 valence electrons. The molecule has 1 saturated heterocycles. The molecule has 1 atom stereocenters. The Morgan fingerprint density at radius 2 is 1.88 bits per heavy atom. The van der Waals surface area contributed by atoms with Gasteiger partial charge in [0.05, 0.1) is 18.7 Å². The predicted octanol–water partition coefficient (Wildman–Crippen LogP) is 3.35. The van der Waals surface area contributed by atoms with E-state index in [0.717, 1.165) is 38.8 Å². The van der Waals surface area contributed by atoms with E-state index in [0.29, 0.717) is 12.5 Å². The Kier molecular flexibility index (Phi) is 5.73. The fourth-order valence-electron chi connectivity index (χ4n) is 4.29. The van der Waals surface area contributed by atoms with Crippen LogP contribution in [-0.2, 0) is 10.2 Å². The maximum absolute atomic E-state index is 12.9. The molecule has 1 unspecified atom stereocenters. The van der Waals surface area contributed by atoms with Crippen molar-refractivity contribution >= 4 is 5.91 Å². The highest BCUT2D eigenvalue weighted by molar-refractivity contribution is 5.79. The van der Waals surface area contributed by atoms with E-state index < -0.39 is 0 Å². The first-order valence-corrected chi connectivity index (χ1v) is 10.0. The minimum absolute atomic E-state index is 0.122. The first kappa shape index (κ1) is 19.4. The number of carbonyl (C=O) groups is 1. The lowest BCUT2D eigenvalue weighted by Crippen LogP contribution is -2.42. The third-order valence-corrected chi connectivity index (χ3v) is 5.92. The zero-order valence-corrected chi connectivity index (χ0v) is 16.7. The summed E-state index contributed by atoms with van der Waals surface area (Å²) >= 11 is 0. The number of hydrogen-bond acceptors (Lipinski definition) is 3. The highest BCUT2D eigenvalue weighted by atomic mass is 16.3. The normalized spacial score (nSPS) is 26.2. The second-order valence-electron chi connectivity index (χ2n) is 9.31. The molecular weight excluding hydrogens is 324 g/mol. The summed E-state index contributed by atoms with van der Waals surface area (Å²) in [5.74, 6) is 0.775. The number of rotatable bonds is 5. The third kappa shape index (κ3) is 4.47. The zero-order valence-electron chi connectivity index (χ0n) is 16.7. The van der Waals surface area contributed by atoms with Crippen LogP contribution in [0.15, 0.2) is 24.3 Å². The van der Waals surface area contributed by atoms with Gasteiger partial charge >= 0.3 is 0 Å². The van der Waals surface area contributed by atoms with Crippen LogP contribution in [0.5, 0.6) is 0 Å². The number of nitrogens with zero attached hydrogens (tertiary/aromatic N) is 2. The Hall–Kier alpha value is -1.39. The Labute approximate surface area is 158 Å². The van der Waals surface area contributed by atoms with Crippen LogP contribution in [-0.4, -0.2) is 53.6 Å². The fraction of sp³-hybridized carbons (Fsp3) is 0.682. The number of likely N-dealkylation sites (tertiary alicyclic amines) is 1. The lowest BCUT2D eigenvalue weighted by atomic mass is 9.82. The number of amides is 1. The predicted molar refractivity (Wildman–Crippen MR) is 105 cm³/mol. The Balaban J connectivity index is 1.59. The lowest BCUT2D eigenvalue weighted by Gasteiger charge is -2.35. The molecule has 1 aliphatic carbocycles. The van der Waals surface area contributed by atoms with Gasteiger partial charge in [0.2, 0.25) is 5.91 Å². The molecular formula is C22H34N2O2. The van der Waals surface area contributed by atoms with Crippen LogP contribution in [0.3, 0.4) is 0 Å². The van der Waals surface area contributed by atoms with Gasteiger partial charge in [-0.15, -0.1) is 0 Å². The van der Waals surface area contributed by atoms with Crippen molar-refractivity contribution in [3.63, 3.8) is 0 Å². The van der Waals surface area contributed by atoms with Gasteiger partial charge in [0.1, 0.15) is 0 Å². The van der Waals surface area contributed by atoms with E-state index in [1.807, 2.05) is 7.05 Å². The first-order valence-electron chi connectivity index (χ1n) is 10.0. The maximum atomic E-state index is 12.9. The van der Waals surface area contributed by atoms with E-state index >= 15 is 0 Å². The maximum Gasteiger partial charge on any atom is 0.237 e.